The molecule has 3 aromatic rings. The van der Waals surface area contributed by atoms with E-state index in [4.69, 9.17) is 5.73 Å². The second-order valence-electron chi connectivity index (χ2n) is 8.76. The molecule has 0 saturated heterocycles. The third kappa shape index (κ3) is 3.82. The second-order valence-corrected chi connectivity index (χ2v) is 8.76. The molecule has 0 aromatic heterocycles. The molecule has 0 radical (unpaired) electrons. The molecule has 33 heavy (non-hydrogen) atoms. The average molecular weight is 452 g/mol. The number of nitrogens with one attached hydrogen (secondary N) is 1. The van der Waals surface area contributed by atoms with Crippen molar-refractivity contribution in [3.8, 4) is 0 Å². The van der Waals surface area contributed by atoms with E-state index in [-0.39, 0.29) is 16.7 Å². The Kier molecular flexibility index (Phi) is 6.05. The molecule has 3 N–H and O–H groups in total. The van der Waals surface area contributed by atoms with Crippen molar-refractivity contribution < 1.29 is 18.7 Å². The van der Waals surface area contributed by atoms with Crippen LogP contribution in [0.5, 0.6) is 0 Å². The first-order chi connectivity index (χ1) is 15.7. The van der Waals surface area contributed by atoms with Crippen molar-refractivity contribution in [1.82, 2.24) is 9.80 Å². The van der Waals surface area contributed by atoms with E-state index in [9.17, 15) is 18.7 Å². The molecule has 0 amide bonds. The van der Waals surface area contributed by atoms with E-state index in [0.29, 0.717) is 17.8 Å². The highest BCUT2D eigenvalue weighted by atomic mass is 19.1. The molecule has 0 aliphatic carbocycles. The van der Waals surface area contributed by atoms with Gasteiger partial charge in [0.1, 0.15) is 30.0 Å². The number of benzene rings is 3. The van der Waals surface area contributed by atoms with E-state index >= 15 is 0 Å². The molecule has 1 heterocycles. The summed E-state index contributed by atoms with van der Waals surface area (Å²) in [6.45, 7) is 2.76. The second kappa shape index (κ2) is 8.67. The fraction of sp³-hybridized carbons (Fsp3) is 0.269. The van der Waals surface area contributed by atoms with E-state index in [1.165, 1.54) is 5.56 Å². The number of likely N-dealkylation sites (N-methyl/N-ethyl adjacent to an activating group) is 1. The highest BCUT2D eigenvalue weighted by Crippen LogP contribution is 2.52. The molecule has 1 aliphatic rings. The number of quaternary nitrogens is 1. The Labute approximate surface area is 192 Å². The van der Waals surface area contributed by atoms with Crippen molar-refractivity contribution in [2.45, 2.75) is 31.5 Å². The smallest absolute Gasteiger partial charge is 0.208 e. The van der Waals surface area contributed by atoms with Gasteiger partial charge in [-0.05, 0) is 41.3 Å². The Hall–Kier alpha value is -3.13. The molecular weight excluding hydrogens is 424 g/mol. The molecular formula is C26H27F2N3O2. The van der Waals surface area contributed by atoms with Crippen LogP contribution in [0.1, 0.15) is 35.1 Å². The first-order valence-electron chi connectivity index (χ1n) is 10.9. The number of aliphatic carboxylic acids is 1. The van der Waals surface area contributed by atoms with Crippen molar-refractivity contribution in [3.05, 3.63) is 101 Å². The SMILES string of the molecule is CCc1cccc(CNC[N@@+]2(C)c3ccccc3C(c3cc(F)cc(F)c3)[C@@]2(N)C(=O)[O-])c1. The number of fused-ring (bicyclic) bond motifs is 1. The number of para-hydroxylation sites is 1. The van der Waals surface area contributed by atoms with Crippen molar-refractivity contribution in [2.75, 3.05) is 13.7 Å². The van der Waals surface area contributed by atoms with Crippen LogP contribution in [0.25, 0.3) is 0 Å². The van der Waals surface area contributed by atoms with Crippen LogP contribution in [-0.2, 0) is 17.8 Å². The summed E-state index contributed by atoms with van der Waals surface area (Å²) in [5, 5.41) is 15.9. The van der Waals surface area contributed by atoms with Gasteiger partial charge in [0, 0.05) is 18.2 Å². The van der Waals surface area contributed by atoms with Crippen LogP contribution in [0.3, 0.4) is 0 Å². The third-order valence-electron chi connectivity index (χ3n) is 6.74. The zero-order valence-electron chi connectivity index (χ0n) is 18.6. The van der Waals surface area contributed by atoms with Crippen molar-refractivity contribution in [3.63, 3.8) is 0 Å². The number of rotatable bonds is 7. The Balaban J connectivity index is 1.75. The van der Waals surface area contributed by atoms with E-state index in [1.54, 1.807) is 31.3 Å². The predicted molar refractivity (Wildman–Crippen MR) is 122 cm³/mol. The standard InChI is InChI=1S/C26H27F2N3O2/c1-3-17-7-6-8-18(11-17)15-30-16-31(2)23-10-5-4-9-22(23)24(26(31,29)25(32)33)19-12-20(27)14-21(28)13-19/h4-14,24,30H,3,15-16,29H2,1-2H3/t24?,26-,31-/m0/s1. The molecule has 172 valence electrons. The normalized spacial score (nSPS) is 24.0. The quantitative estimate of drug-likeness (QED) is 0.542. The minimum Gasteiger partial charge on any atom is -0.543 e. The maximum atomic E-state index is 14.1. The van der Waals surface area contributed by atoms with Crippen molar-refractivity contribution >= 4 is 11.7 Å². The van der Waals surface area contributed by atoms with Crippen molar-refractivity contribution in [2.24, 2.45) is 5.73 Å². The molecule has 0 saturated carbocycles. The minimum absolute atomic E-state index is 0.157. The van der Waals surface area contributed by atoms with Gasteiger partial charge in [-0.1, -0.05) is 49.4 Å². The van der Waals surface area contributed by atoms with Gasteiger partial charge >= 0.3 is 0 Å². The summed E-state index contributed by atoms with van der Waals surface area (Å²) in [5.41, 5.74) is 8.35. The fourth-order valence-electron chi connectivity index (χ4n) is 5.00. The van der Waals surface area contributed by atoms with E-state index in [1.807, 2.05) is 12.1 Å². The number of aryl methyl sites for hydroxylation is 1. The van der Waals surface area contributed by atoms with E-state index < -0.39 is 29.2 Å². The van der Waals surface area contributed by atoms with Gasteiger partial charge in [-0.25, -0.2) is 8.78 Å². The Morgan fingerprint density at radius 1 is 1.06 bits per heavy atom. The average Bonchev–Trinajstić information content (AvgIpc) is 2.98. The monoisotopic (exact) mass is 451 g/mol. The molecule has 7 heteroatoms. The number of carboxylic acid groups (broad SMARTS) is 1. The summed E-state index contributed by atoms with van der Waals surface area (Å²) in [7, 11) is 1.71. The molecule has 3 atom stereocenters. The summed E-state index contributed by atoms with van der Waals surface area (Å²) < 4.78 is 28.0. The van der Waals surface area contributed by atoms with Crippen LogP contribution in [0.2, 0.25) is 0 Å². The molecule has 1 unspecified atom stereocenters. The zero-order chi connectivity index (χ0) is 23.8. The fourth-order valence-corrected chi connectivity index (χ4v) is 5.00. The van der Waals surface area contributed by atoms with Gasteiger partial charge in [0.05, 0.1) is 13.0 Å². The number of carbonyl (C=O) groups excluding carboxylic acids is 1. The lowest BCUT2D eigenvalue weighted by molar-refractivity contribution is -0.318. The van der Waals surface area contributed by atoms with Crippen LogP contribution in [0.15, 0.2) is 66.7 Å². The van der Waals surface area contributed by atoms with Gasteiger partial charge in [0.2, 0.25) is 5.66 Å². The largest absolute Gasteiger partial charge is 0.543 e. The molecule has 0 spiro atoms. The summed E-state index contributed by atoms with van der Waals surface area (Å²) in [6.07, 6.45) is 0.914. The van der Waals surface area contributed by atoms with Crippen LogP contribution < -0.4 is 20.6 Å². The van der Waals surface area contributed by atoms with E-state index in [2.05, 4.69) is 24.4 Å². The summed E-state index contributed by atoms with van der Waals surface area (Å²) in [4.78, 5) is 12.6. The molecule has 0 bridgehead atoms. The minimum atomic E-state index is -2.00. The highest BCUT2D eigenvalue weighted by Gasteiger charge is 2.62. The van der Waals surface area contributed by atoms with E-state index in [0.717, 1.165) is 30.2 Å². The van der Waals surface area contributed by atoms with Crippen LogP contribution >= 0.6 is 0 Å². The molecule has 4 rings (SSSR count). The number of nitrogens with two attached hydrogens (primary N) is 1. The number of halogens is 2. The van der Waals surface area contributed by atoms with Gasteiger partial charge in [0.25, 0.3) is 0 Å². The summed E-state index contributed by atoms with van der Waals surface area (Å²) >= 11 is 0. The zero-order valence-corrected chi connectivity index (χ0v) is 18.6. The molecule has 3 aromatic carbocycles. The Morgan fingerprint density at radius 2 is 1.73 bits per heavy atom. The number of hydrogen-bond donors (Lipinski definition) is 2. The topological polar surface area (TPSA) is 78.2 Å². The lowest BCUT2D eigenvalue weighted by atomic mass is 9.83. The Bertz CT molecular complexity index is 1180. The third-order valence-corrected chi connectivity index (χ3v) is 6.74. The number of hydrogen-bond acceptors (Lipinski definition) is 4. The van der Waals surface area contributed by atoms with Gasteiger partial charge in [-0.15, -0.1) is 0 Å². The Morgan fingerprint density at radius 3 is 2.39 bits per heavy atom. The number of carbonyl (C=O) groups is 1. The van der Waals surface area contributed by atoms with Crippen molar-refractivity contribution in [1.29, 1.82) is 0 Å². The van der Waals surface area contributed by atoms with Gasteiger partial charge in [0.15, 0.2) is 0 Å². The predicted octanol–water partition coefficient (Wildman–Crippen LogP) is 2.76. The highest BCUT2D eigenvalue weighted by molar-refractivity contribution is 5.86. The van der Waals surface area contributed by atoms with Gasteiger partial charge < -0.3 is 9.90 Å². The maximum absolute atomic E-state index is 14.1. The maximum Gasteiger partial charge on any atom is 0.208 e. The molecule has 1 aliphatic heterocycles. The van der Waals surface area contributed by atoms with Crippen LogP contribution in [0, 0.1) is 11.6 Å². The first kappa shape index (κ1) is 23.0. The molecule has 0 fully saturated rings. The summed E-state index contributed by atoms with van der Waals surface area (Å²) in [6, 6.07) is 18.3. The summed E-state index contributed by atoms with van der Waals surface area (Å²) in [5.74, 6) is -4.08. The lowest BCUT2D eigenvalue weighted by Gasteiger charge is -2.46. The first-order valence-corrected chi connectivity index (χ1v) is 10.9. The number of nitrogens with zero attached hydrogens (tertiary/aromatic N) is 1. The van der Waals surface area contributed by atoms with Gasteiger partial charge in [-0.3, -0.25) is 15.5 Å². The number of carboxylic acids is 1. The van der Waals surface area contributed by atoms with Crippen LogP contribution in [-0.4, -0.2) is 25.3 Å². The molecule has 5 nitrogen and oxygen atoms in total. The van der Waals surface area contributed by atoms with Gasteiger partial charge in [-0.2, -0.15) is 0 Å². The van der Waals surface area contributed by atoms with Crippen LogP contribution in [0.4, 0.5) is 14.5 Å². The lowest BCUT2D eigenvalue weighted by Crippen LogP contribution is -2.77.